The molecule has 3 aromatic rings. The van der Waals surface area contributed by atoms with Gasteiger partial charge < -0.3 is 4.57 Å². The van der Waals surface area contributed by atoms with Gasteiger partial charge in [0.1, 0.15) is 11.9 Å². The minimum atomic E-state index is -0.635. The molecule has 1 unspecified atom stereocenters. The minimum Gasteiger partial charge on any atom is -0.317 e. The Bertz CT molecular complexity index is 1010. The third-order valence-corrected chi connectivity index (χ3v) is 4.73. The van der Waals surface area contributed by atoms with E-state index < -0.39 is 11.9 Å². The first-order valence-corrected chi connectivity index (χ1v) is 8.02. The van der Waals surface area contributed by atoms with Crippen molar-refractivity contribution in [2.75, 3.05) is 4.90 Å². The molecule has 0 aliphatic carbocycles. The molecule has 0 radical (unpaired) electrons. The lowest BCUT2D eigenvalue weighted by Gasteiger charge is -2.16. The van der Waals surface area contributed by atoms with E-state index in [0.717, 1.165) is 27.1 Å². The molecule has 1 aromatic heterocycles. The highest BCUT2D eigenvalue weighted by molar-refractivity contribution is 6.21. The van der Waals surface area contributed by atoms with E-state index in [2.05, 4.69) is 4.98 Å². The van der Waals surface area contributed by atoms with Crippen LogP contribution in [0, 0.1) is 19.7 Å². The number of imide groups is 1. The molecule has 2 heterocycles. The van der Waals surface area contributed by atoms with Crippen molar-refractivity contribution < 1.29 is 14.0 Å². The highest BCUT2D eigenvalue weighted by atomic mass is 19.1. The molecule has 25 heavy (non-hydrogen) atoms. The largest absolute Gasteiger partial charge is 0.317 e. The Labute approximate surface area is 143 Å². The second kappa shape index (κ2) is 5.51. The zero-order valence-corrected chi connectivity index (χ0v) is 13.9. The topological polar surface area (TPSA) is 55.2 Å². The van der Waals surface area contributed by atoms with Crippen LogP contribution in [0.1, 0.15) is 23.6 Å². The maximum atomic E-state index is 13.1. The number of rotatable bonds is 2. The summed E-state index contributed by atoms with van der Waals surface area (Å²) in [6, 6.07) is 8.67. The van der Waals surface area contributed by atoms with Crippen LogP contribution in [0.5, 0.6) is 0 Å². The molecule has 0 spiro atoms. The molecule has 0 N–H and O–H groups in total. The zero-order chi connectivity index (χ0) is 17.7. The van der Waals surface area contributed by atoms with Crippen LogP contribution in [0.15, 0.2) is 42.7 Å². The molecule has 5 nitrogen and oxygen atoms in total. The number of carbonyl (C=O) groups excluding carboxylic acids is 2. The summed E-state index contributed by atoms with van der Waals surface area (Å²) in [5.74, 6) is -1.03. The zero-order valence-electron chi connectivity index (χ0n) is 13.9. The lowest BCUT2D eigenvalue weighted by atomic mass is 10.1. The lowest BCUT2D eigenvalue weighted by Crippen LogP contribution is -2.31. The Kier molecular flexibility index (Phi) is 3.42. The quantitative estimate of drug-likeness (QED) is 0.674. The minimum absolute atomic E-state index is 0.0641. The molecule has 1 fully saturated rings. The van der Waals surface area contributed by atoms with E-state index in [0.29, 0.717) is 5.69 Å². The van der Waals surface area contributed by atoms with Crippen molar-refractivity contribution >= 4 is 28.5 Å². The van der Waals surface area contributed by atoms with E-state index in [4.69, 9.17) is 0 Å². The van der Waals surface area contributed by atoms with Crippen LogP contribution in [0.25, 0.3) is 11.0 Å². The molecule has 126 valence electrons. The summed E-state index contributed by atoms with van der Waals surface area (Å²) in [7, 11) is 0. The standard InChI is InChI=1S/C19H16FN3O2/c1-11-7-15-16(8-12(11)2)22(10-21-15)17-9-18(24)23(19(17)25)14-5-3-13(20)4-6-14/h3-8,10,17H,9H2,1-2H3. The molecule has 0 bridgehead atoms. The Hall–Kier alpha value is -3.02. The smallest absolute Gasteiger partial charge is 0.257 e. The third-order valence-electron chi connectivity index (χ3n) is 4.73. The van der Waals surface area contributed by atoms with Crippen molar-refractivity contribution in [3.05, 3.63) is 59.7 Å². The average Bonchev–Trinajstić information content (AvgIpc) is 3.10. The first-order chi connectivity index (χ1) is 12.0. The van der Waals surface area contributed by atoms with Crippen molar-refractivity contribution in [2.45, 2.75) is 26.3 Å². The number of hydrogen-bond acceptors (Lipinski definition) is 3. The van der Waals surface area contributed by atoms with Crippen molar-refractivity contribution in [3.8, 4) is 0 Å². The molecular formula is C19H16FN3O2. The van der Waals surface area contributed by atoms with Gasteiger partial charge in [0.15, 0.2) is 0 Å². The molecular weight excluding hydrogens is 321 g/mol. The van der Waals surface area contributed by atoms with E-state index in [9.17, 15) is 14.0 Å². The number of anilines is 1. The second-order valence-corrected chi connectivity index (χ2v) is 6.34. The Balaban J connectivity index is 1.75. The van der Waals surface area contributed by atoms with Crippen LogP contribution in [0.3, 0.4) is 0 Å². The molecule has 1 saturated heterocycles. The number of amides is 2. The second-order valence-electron chi connectivity index (χ2n) is 6.34. The van der Waals surface area contributed by atoms with Crippen LogP contribution in [-0.4, -0.2) is 21.4 Å². The van der Waals surface area contributed by atoms with E-state index in [1.54, 1.807) is 10.9 Å². The normalized spacial score (nSPS) is 17.7. The number of aryl methyl sites for hydroxylation is 2. The molecule has 1 atom stereocenters. The van der Waals surface area contributed by atoms with Crippen LogP contribution in [0.4, 0.5) is 10.1 Å². The molecule has 1 aliphatic rings. The summed E-state index contributed by atoms with van der Waals surface area (Å²) in [5.41, 5.74) is 4.23. The summed E-state index contributed by atoms with van der Waals surface area (Å²) in [6.45, 7) is 4.01. The van der Waals surface area contributed by atoms with E-state index >= 15 is 0 Å². The Morgan fingerprint density at radius 1 is 1.08 bits per heavy atom. The molecule has 2 amide bonds. The third kappa shape index (κ3) is 2.41. The van der Waals surface area contributed by atoms with Gasteiger partial charge in [-0.3, -0.25) is 9.59 Å². The van der Waals surface area contributed by atoms with Crippen LogP contribution in [-0.2, 0) is 9.59 Å². The highest BCUT2D eigenvalue weighted by Crippen LogP contribution is 2.32. The molecule has 2 aromatic carbocycles. The number of aromatic nitrogens is 2. The van der Waals surface area contributed by atoms with Gasteiger partial charge in [-0.1, -0.05) is 0 Å². The van der Waals surface area contributed by atoms with Gasteiger partial charge in [0.25, 0.3) is 5.91 Å². The van der Waals surface area contributed by atoms with Crippen LogP contribution < -0.4 is 4.90 Å². The summed E-state index contributed by atoms with van der Waals surface area (Å²) in [5, 5.41) is 0. The molecule has 6 heteroatoms. The highest BCUT2D eigenvalue weighted by Gasteiger charge is 2.41. The average molecular weight is 337 g/mol. The number of hydrogen-bond donors (Lipinski definition) is 0. The van der Waals surface area contributed by atoms with Crippen molar-refractivity contribution in [1.29, 1.82) is 0 Å². The van der Waals surface area contributed by atoms with Crippen molar-refractivity contribution in [2.24, 2.45) is 0 Å². The maximum Gasteiger partial charge on any atom is 0.257 e. The van der Waals surface area contributed by atoms with Crippen molar-refractivity contribution in [3.63, 3.8) is 0 Å². The number of benzene rings is 2. The predicted octanol–water partition coefficient (Wildman–Crippen LogP) is 3.30. The van der Waals surface area contributed by atoms with Gasteiger partial charge in [0, 0.05) is 0 Å². The first-order valence-electron chi connectivity index (χ1n) is 8.02. The van der Waals surface area contributed by atoms with Gasteiger partial charge >= 0.3 is 0 Å². The van der Waals surface area contributed by atoms with Gasteiger partial charge in [-0.2, -0.15) is 0 Å². The number of halogens is 1. The van der Waals surface area contributed by atoms with Gasteiger partial charge in [0.2, 0.25) is 5.91 Å². The Morgan fingerprint density at radius 3 is 2.48 bits per heavy atom. The first kappa shape index (κ1) is 15.5. The van der Waals surface area contributed by atoms with E-state index in [1.807, 2.05) is 26.0 Å². The number of imidazole rings is 1. The van der Waals surface area contributed by atoms with Gasteiger partial charge in [-0.15, -0.1) is 0 Å². The fourth-order valence-electron chi connectivity index (χ4n) is 3.23. The SMILES string of the molecule is Cc1cc2ncn(C3CC(=O)N(c4ccc(F)cc4)C3=O)c2cc1C. The maximum absolute atomic E-state index is 13.1. The predicted molar refractivity (Wildman–Crippen MR) is 91.8 cm³/mol. The molecule has 4 rings (SSSR count). The fourth-order valence-corrected chi connectivity index (χ4v) is 3.23. The number of carbonyl (C=O) groups is 2. The number of fused-ring (bicyclic) bond motifs is 1. The molecule has 0 saturated carbocycles. The van der Waals surface area contributed by atoms with Gasteiger partial charge in [0.05, 0.1) is 29.5 Å². The monoisotopic (exact) mass is 337 g/mol. The Morgan fingerprint density at radius 2 is 1.76 bits per heavy atom. The summed E-state index contributed by atoms with van der Waals surface area (Å²) < 4.78 is 14.9. The summed E-state index contributed by atoms with van der Waals surface area (Å²) >= 11 is 0. The van der Waals surface area contributed by atoms with Crippen LogP contribution >= 0.6 is 0 Å². The summed E-state index contributed by atoms with van der Waals surface area (Å²) in [6.07, 6.45) is 1.67. The lowest BCUT2D eigenvalue weighted by molar-refractivity contribution is -0.122. The van der Waals surface area contributed by atoms with Crippen LogP contribution in [0.2, 0.25) is 0 Å². The molecule has 1 aliphatic heterocycles. The van der Waals surface area contributed by atoms with Crippen molar-refractivity contribution in [1.82, 2.24) is 9.55 Å². The van der Waals surface area contributed by atoms with E-state index in [1.165, 1.54) is 24.3 Å². The van der Waals surface area contributed by atoms with Gasteiger partial charge in [-0.05, 0) is 61.4 Å². The fraction of sp³-hybridized carbons (Fsp3) is 0.211. The van der Waals surface area contributed by atoms with Gasteiger partial charge in [-0.25, -0.2) is 14.3 Å². The summed E-state index contributed by atoms with van der Waals surface area (Å²) in [4.78, 5) is 30.8. The van der Waals surface area contributed by atoms with E-state index in [-0.39, 0.29) is 18.2 Å². The number of nitrogens with zero attached hydrogens (tertiary/aromatic N) is 3.